The Bertz CT molecular complexity index is 291. The summed E-state index contributed by atoms with van der Waals surface area (Å²) in [5.74, 6) is 0.464. The second-order valence-electron chi connectivity index (χ2n) is 4.93. The van der Waals surface area contributed by atoms with Gasteiger partial charge < -0.3 is 5.32 Å². The lowest BCUT2D eigenvalue weighted by Gasteiger charge is -2.18. The zero-order valence-corrected chi connectivity index (χ0v) is 13.1. The number of sulfonamides is 1. The van der Waals surface area contributed by atoms with Crippen LogP contribution in [-0.2, 0) is 10.0 Å². The van der Waals surface area contributed by atoms with E-state index >= 15 is 0 Å². The topological polar surface area (TPSA) is 58.2 Å². The van der Waals surface area contributed by atoms with Crippen molar-refractivity contribution in [3.8, 4) is 0 Å². The molecule has 0 aromatic rings. The first kappa shape index (κ1) is 17.9. The van der Waals surface area contributed by atoms with Crippen molar-refractivity contribution in [2.45, 2.75) is 58.6 Å². The molecule has 0 aliphatic carbocycles. The van der Waals surface area contributed by atoms with Gasteiger partial charge in [-0.25, -0.2) is 13.1 Å². The molecule has 0 aromatic heterocycles. The Morgan fingerprint density at radius 2 is 1.78 bits per heavy atom. The molecule has 0 aliphatic rings. The molecule has 18 heavy (non-hydrogen) atoms. The van der Waals surface area contributed by atoms with Gasteiger partial charge in [0.05, 0.1) is 5.25 Å². The largest absolute Gasteiger partial charge is 0.316 e. The van der Waals surface area contributed by atoms with Crippen molar-refractivity contribution in [2.24, 2.45) is 5.92 Å². The smallest absolute Gasteiger partial charge is 0.215 e. The molecule has 0 spiro atoms. The van der Waals surface area contributed by atoms with Gasteiger partial charge in [0.1, 0.15) is 0 Å². The minimum absolute atomic E-state index is 0.374. The summed E-state index contributed by atoms with van der Waals surface area (Å²) in [6, 6.07) is 0. The van der Waals surface area contributed by atoms with Gasteiger partial charge in [0.15, 0.2) is 0 Å². The molecule has 0 aromatic carbocycles. The number of unbranched alkanes of at least 4 members (excludes halogenated alkanes) is 1. The molecule has 2 N–H and O–H groups in total. The summed E-state index contributed by atoms with van der Waals surface area (Å²) in [5.41, 5.74) is 0. The zero-order chi connectivity index (χ0) is 14.0. The van der Waals surface area contributed by atoms with E-state index in [-0.39, 0.29) is 5.25 Å². The summed E-state index contributed by atoms with van der Waals surface area (Å²) in [6.45, 7) is 9.90. The van der Waals surface area contributed by atoms with Crippen molar-refractivity contribution in [2.75, 3.05) is 19.6 Å². The summed E-state index contributed by atoms with van der Waals surface area (Å²) in [7, 11) is -3.18. The molecule has 0 heterocycles. The van der Waals surface area contributed by atoms with Crippen LogP contribution in [0, 0.1) is 5.92 Å². The Balaban J connectivity index is 4.14. The second kappa shape index (κ2) is 9.75. The predicted molar refractivity (Wildman–Crippen MR) is 78.2 cm³/mol. The Hall–Kier alpha value is -0.130. The Morgan fingerprint density at radius 1 is 1.11 bits per heavy atom. The first-order valence-corrected chi connectivity index (χ1v) is 8.71. The van der Waals surface area contributed by atoms with Gasteiger partial charge in [-0.3, -0.25) is 0 Å². The van der Waals surface area contributed by atoms with E-state index in [0.29, 0.717) is 19.0 Å². The van der Waals surface area contributed by atoms with E-state index in [9.17, 15) is 8.42 Å². The molecule has 0 aliphatic heterocycles. The van der Waals surface area contributed by atoms with E-state index in [1.165, 1.54) is 12.8 Å². The van der Waals surface area contributed by atoms with E-state index < -0.39 is 10.0 Å². The average Bonchev–Trinajstić information content (AvgIpc) is 2.36. The molecule has 4 nitrogen and oxygen atoms in total. The van der Waals surface area contributed by atoms with Crippen molar-refractivity contribution in [1.82, 2.24) is 10.0 Å². The standard InChI is InChI=1S/C13H30N2O2S/c1-5-8-9-13(6-2)11-15-18(16,17)12(4)10-14-7-3/h12-15H,5-11H2,1-4H3. The Labute approximate surface area is 113 Å². The summed E-state index contributed by atoms with van der Waals surface area (Å²) in [6.07, 6.45) is 4.48. The van der Waals surface area contributed by atoms with E-state index in [4.69, 9.17) is 0 Å². The second-order valence-corrected chi connectivity index (χ2v) is 7.11. The molecular formula is C13H30N2O2S. The molecule has 0 saturated carbocycles. The van der Waals surface area contributed by atoms with Gasteiger partial charge in [0, 0.05) is 13.1 Å². The molecule has 110 valence electrons. The monoisotopic (exact) mass is 278 g/mol. The van der Waals surface area contributed by atoms with E-state index in [1.54, 1.807) is 6.92 Å². The summed E-state index contributed by atoms with van der Waals surface area (Å²) < 4.78 is 26.7. The van der Waals surface area contributed by atoms with Gasteiger partial charge in [-0.1, -0.05) is 40.0 Å². The fourth-order valence-corrected chi connectivity index (χ4v) is 2.87. The molecular weight excluding hydrogens is 248 g/mol. The number of nitrogens with one attached hydrogen (secondary N) is 2. The summed E-state index contributed by atoms with van der Waals surface area (Å²) in [5, 5.41) is 2.70. The van der Waals surface area contributed by atoms with Crippen LogP contribution in [0.25, 0.3) is 0 Å². The third-order valence-electron chi connectivity index (χ3n) is 3.33. The van der Waals surface area contributed by atoms with Crippen molar-refractivity contribution in [3.05, 3.63) is 0 Å². The van der Waals surface area contributed by atoms with Gasteiger partial charge in [0.2, 0.25) is 10.0 Å². The predicted octanol–water partition coefficient (Wildman–Crippen LogP) is 2.12. The maximum absolute atomic E-state index is 12.0. The van der Waals surface area contributed by atoms with Crippen LogP contribution in [0.5, 0.6) is 0 Å². The number of hydrogen-bond donors (Lipinski definition) is 2. The third kappa shape index (κ3) is 7.34. The zero-order valence-electron chi connectivity index (χ0n) is 12.3. The van der Waals surface area contributed by atoms with E-state index in [2.05, 4.69) is 23.9 Å². The molecule has 5 heteroatoms. The average molecular weight is 278 g/mol. The van der Waals surface area contributed by atoms with Crippen molar-refractivity contribution < 1.29 is 8.42 Å². The molecule has 0 rings (SSSR count). The SMILES string of the molecule is CCCCC(CC)CNS(=O)(=O)C(C)CNCC. The van der Waals surface area contributed by atoms with Crippen LogP contribution >= 0.6 is 0 Å². The summed E-state index contributed by atoms with van der Waals surface area (Å²) >= 11 is 0. The van der Waals surface area contributed by atoms with Crippen LogP contribution in [0.15, 0.2) is 0 Å². The lowest BCUT2D eigenvalue weighted by Crippen LogP contribution is -2.40. The minimum Gasteiger partial charge on any atom is -0.316 e. The number of rotatable bonds is 11. The van der Waals surface area contributed by atoms with Gasteiger partial charge in [-0.2, -0.15) is 0 Å². The molecule has 2 unspecified atom stereocenters. The fourth-order valence-electron chi connectivity index (χ4n) is 1.78. The highest BCUT2D eigenvalue weighted by atomic mass is 32.2. The van der Waals surface area contributed by atoms with Crippen LogP contribution < -0.4 is 10.0 Å². The maximum Gasteiger partial charge on any atom is 0.215 e. The van der Waals surface area contributed by atoms with Crippen molar-refractivity contribution in [1.29, 1.82) is 0 Å². The minimum atomic E-state index is -3.18. The summed E-state index contributed by atoms with van der Waals surface area (Å²) in [4.78, 5) is 0. The molecule has 0 radical (unpaired) electrons. The lowest BCUT2D eigenvalue weighted by molar-refractivity contribution is 0.442. The number of hydrogen-bond acceptors (Lipinski definition) is 3. The molecule has 0 fully saturated rings. The first-order chi connectivity index (χ1) is 8.47. The van der Waals surface area contributed by atoms with E-state index in [1.807, 2.05) is 6.92 Å². The highest BCUT2D eigenvalue weighted by Gasteiger charge is 2.20. The van der Waals surface area contributed by atoms with Gasteiger partial charge in [-0.15, -0.1) is 0 Å². The molecule has 2 atom stereocenters. The highest BCUT2D eigenvalue weighted by Crippen LogP contribution is 2.12. The van der Waals surface area contributed by atoms with Crippen molar-refractivity contribution >= 4 is 10.0 Å². The highest BCUT2D eigenvalue weighted by molar-refractivity contribution is 7.90. The van der Waals surface area contributed by atoms with Crippen LogP contribution in [0.1, 0.15) is 53.4 Å². The Morgan fingerprint density at radius 3 is 2.28 bits per heavy atom. The van der Waals surface area contributed by atoms with Gasteiger partial charge in [-0.05, 0) is 25.8 Å². The van der Waals surface area contributed by atoms with Crippen molar-refractivity contribution in [3.63, 3.8) is 0 Å². The van der Waals surface area contributed by atoms with Crippen LogP contribution in [0.2, 0.25) is 0 Å². The fraction of sp³-hybridized carbons (Fsp3) is 1.00. The van der Waals surface area contributed by atoms with Crippen LogP contribution in [0.4, 0.5) is 0 Å². The van der Waals surface area contributed by atoms with E-state index in [0.717, 1.165) is 19.4 Å². The molecule has 0 amide bonds. The first-order valence-electron chi connectivity index (χ1n) is 7.17. The quantitative estimate of drug-likeness (QED) is 0.608. The van der Waals surface area contributed by atoms with Crippen LogP contribution in [-0.4, -0.2) is 33.3 Å². The molecule has 0 bridgehead atoms. The Kier molecular flexibility index (Phi) is 9.68. The maximum atomic E-state index is 12.0. The van der Waals surface area contributed by atoms with Gasteiger partial charge >= 0.3 is 0 Å². The van der Waals surface area contributed by atoms with Crippen LogP contribution in [0.3, 0.4) is 0 Å². The van der Waals surface area contributed by atoms with Gasteiger partial charge in [0.25, 0.3) is 0 Å². The third-order valence-corrected chi connectivity index (χ3v) is 5.12. The lowest BCUT2D eigenvalue weighted by atomic mass is 10.00. The normalized spacial score (nSPS) is 15.6. The molecule has 0 saturated heterocycles.